The van der Waals surface area contributed by atoms with Crippen LogP contribution in [0, 0.1) is 46.3 Å². The summed E-state index contributed by atoms with van der Waals surface area (Å²) in [6, 6.07) is 0. The number of rotatable bonds is 2. The van der Waals surface area contributed by atoms with Crippen molar-refractivity contribution in [3.05, 3.63) is 0 Å². The molecule has 144 valence electrons. The molecule has 0 spiro atoms. The van der Waals surface area contributed by atoms with Gasteiger partial charge in [-0.2, -0.15) is 0 Å². The van der Waals surface area contributed by atoms with Crippen molar-refractivity contribution in [1.29, 1.82) is 0 Å². The van der Waals surface area contributed by atoms with Gasteiger partial charge in [-0.15, -0.1) is 6.10 Å². The molecule has 0 aromatic heterocycles. The van der Waals surface area contributed by atoms with Crippen molar-refractivity contribution in [2.75, 3.05) is 6.61 Å². The minimum absolute atomic E-state index is 0.118. The zero-order valence-electron chi connectivity index (χ0n) is 16.3. The molecule has 3 heteroatoms. The minimum Gasteiger partial charge on any atom is -0.852 e. The second-order valence-corrected chi connectivity index (χ2v) is 10.5. The Kier molecular flexibility index (Phi) is 4.53. The van der Waals surface area contributed by atoms with Crippen LogP contribution in [0.3, 0.4) is 0 Å². The smallest absolute Gasteiger partial charge is 0.0543 e. The maximum atomic E-state index is 13.5. The highest BCUT2D eigenvalue weighted by Gasteiger charge is 2.61. The van der Waals surface area contributed by atoms with Gasteiger partial charge in [0.2, 0.25) is 0 Å². The Morgan fingerprint density at radius 2 is 1.80 bits per heavy atom. The molecule has 0 bridgehead atoms. The van der Waals surface area contributed by atoms with Crippen LogP contribution < -0.4 is 5.11 Å². The van der Waals surface area contributed by atoms with Crippen LogP contribution in [-0.4, -0.2) is 29.0 Å². The Bertz CT molecular complexity index is 508. The molecule has 0 aromatic rings. The summed E-state index contributed by atoms with van der Waals surface area (Å²) in [5, 5.41) is 33.4. The van der Waals surface area contributed by atoms with E-state index in [4.69, 9.17) is 0 Å². The van der Waals surface area contributed by atoms with Crippen molar-refractivity contribution >= 4 is 0 Å². The van der Waals surface area contributed by atoms with Gasteiger partial charge in [-0.3, -0.25) is 0 Å². The maximum Gasteiger partial charge on any atom is 0.0543 e. The molecule has 8 unspecified atom stereocenters. The third-order valence-electron chi connectivity index (χ3n) is 9.76. The van der Waals surface area contributed by atoms with Gasteiger partial charge in [0, 0.05) is 6.61 Å². The van der Waals surface area contributed by atoms with E-state index >= 15 is 0 Å². The van der Waals surface area contributed by atoms with E-state index in [0.717, 1.165) is 32.1 Å². The Morgan fingerprint density at radius 1 is 1.04 bits per heavy atom. The van der Waals surface area contributed by atoms with Crippen LogP contribution in [0.4, 0.5) is 0 Å². The number of aliphatic hydroxyl groups excluding tert-OH is 2. The normalized spacial score (nSPS) is 56.6. The fraction of sp³-hybridized carbons (Fsp3) is 1.00. The molecule has 0 radical (unpaired) electrons. The van der Waals surface area contributed by atoms with Gasteiger partial charge in [0.1, 0.15) is 0 Å². The Labute approximate surface area is 153 Å². The Morgan fingerprint density at radius 3 is 2.52 bits per heavy atom. The standard InChI is InChI=1S/C22H37O3/c1-13(12-23)17-6-7-18-16-5-4-14-10-15(24)8-9-21(14,2)19(16)11-20(25)22(17,18)3/h13-20,23-24H,4-12H2,1-3H3/q-1/t13-,14?,15-,16?,17?,18?,19?,20?,21?,22?/m1/s1. The van der Waals surface area contributed by atoms with E-state index in [-0.39, 0.29) is 29.5 Å². The largest absolute Gasteiger partial charge is 0.852 e. The molecule has 4 aliphatic rings. The first-order valence-electron chi connectivity index (χ1n) is 10.8. The highest BCUT2D eigenvalue weighted by Crippen LogP contribution is 2.67. The fourth-order valence-corrected chi connectivity index (χ4v) is 8.26. The lowest BCUT2D eigenvalue weighted by Gasteiger charge is -2.65. The maximum absolute atomic E-state index is 13.5. The van der Waals surface area contributed by atoms with Crippen LogP contribution >= 0.6 is 0 Å². The van der Waals surface area contributed by atoms with Gasteiger partial charge in [0.05, 0.1) is 6.10 Å². The number of hydrogen-bond acceptors (Lipinski definition) is 3. The van der Waals surface area contributed by atoms with E-state index in [1.165, 1.54) is 19.3 Å². The number of aliphatic hydroxyl groups is 2. The van der Waals surface area contributed by atoms with Gasteiger partial charge >= 0.3 is 0 Å². The molecule has 0 amide bonds. The first-order chi connectivity index (χ1) is 11.8. The van der Waals surface area contributed by atoms with E-state index in [2.05, 4.69) is 20.8 Å². The van der Waals surface area contributed by atoms with Crippen molar-refractivity contribution in [2.24, 2.45) is 46.3 Å². The molecule has 10 atom stereocenters. The fourth-order valence-electron chi connectivity index (χ4n) is 8.26. The summed E-state index contributed by atoms with van der Waals surface area (Å²) in [5.74, 6) is 3.06. The molecule has 0 heterocycles. The monoisotopic (exact) mass is 349 g/mol. The quantitative estimate of drug-likeness (QED) is 0.805. The summed E-state index contributed by atoms with van der Waals surface area (Å²) in [6.45, 7) is 7.07. The van der Waals surface area contributed by atoms with E-state index in [1.807, 2.05) is 0 Å². The molecule has 0 aromatic carbocycles. The first-order valence-corrected chi connectivity index (χ1v) is 10.8. The summed E-state index contributed by atoms with van der Waals surface area (Å²) in [6.07, 6.45) is 8.02. The van der Waals surface area contributed by atoms with Gasteiger partial charge < -0.3 is 15.3 Å². The predicted octanol–water partition coefficient (Wildman–Crippen LogP) is 2.97. The first kappa shape index (κ1) is 18.3. The Hall–Kier alpha value is -0.120. The molecule has 3 nitrogen and oxygen atoms in total. The van der Waals surface area contributed by atoms with Crippen molar-refractivity contribution in [3.8, 4) is 0 Å². The van der Waals surface area contributed by atoms with Gasteiger partial charge in [0.15, 0.2) is 0 Å². The van der Waals surface area contributed by atoms with Crippen LogP contribution in [0.1, 0.15) is 72.1 Å². The van der Waals surface area contributed by atoms with Gasteiger partial charge in [-0.1, -0.05) is 27.2 Å². The molecule has 4 saturated carbocycles. The highest BCUT2D eigenvalue weighted by molar-refractivity contribution is 5.12. The average Bonchev–Trinajstić information content (AvgIpc) is 2.95. The van der Waals surface area contributed by atoms with Crippen LogP contribution in [0.25, 0.3) is 0 Å². The zero-order chi connectivity index (χ0) is 18.0. The molecular weight excluding hydrogens is 312 g/mol. The van der Waals surface area contributed by atoms with Crippen LogP contribution in [0.2, 0.25) is 0 Å². The predicted molar refractivity (Wildman–Crippen MR) is 96.6 cm³/mol. The van der Waals surface area contributed by atoms with E-state index in [1.54, 1.807) is 0 Å². The lowest BCUT2D eigenvalue weighted by atomic mass is 9.43. The average molecular weight is 350 g/mol. The van der Waals surface area contributed by atoms with Gasteiger partial charge in [0.25, 0.3) is 0 Å². The highest BCUT2D eigenvalue weighted by atomic mass is 16.3. The minimum atomic E-state index is -0.484. The lowest BCUT2D eigenvalue weighted by molar-refractivity contribution is -0.470. The molecule has 4 fully saturated rings. The van der Waals surface area contributed by atoms with Crippen LogP contribution in [-0.2, 0) is 0 Å². The molecule has 0 saturated heterocycles. The summed E-state index contributed by atoms with van der Waals surface area (Å²) in [7, 11) is 0. The van der Waals surface area contributed by atoms with E-state index in [0.29, 0.717) is 29.6 Å². The van der Waals surface area contributed by atoms with Gasteiger partial charge in [-0.05, 0) is 91.3 Å². The number of hydrogen-bond donors (Lipinski definition) is 2. The van der Waals surface area contributed by atoms with E-state index < -0.39 is 6.10 Å². The summed E-state index contributed by atoms with van der Waals surface area (Å²) in [4.78, 5) is 0. The zero-order valence-corrected chi connectivity index (χ0v) is 16.3. The molecule has 0 aliphatic heterocycles. The molecule has 25 heavy (non-hydrogen) atoms. The van der Waals surface area contributed by atoms with Crippen LogP contribution in [0.15, 0.2) is 0 Å². The summed E-state index contributed by atoms with van der Waals surface area (Å²) in [5.41, 5.74) is 0.146. The van der Waals surface area contributed by atoms with Gasteiger partial charge in [-0.25, -0.2) is 0 Å². The molecule has 2 N–H and O–H groups in total. The molecular formula is C22H37O3-. The summed E-state index contributed by atoms with van der Waals surface area (Å²) < 4.78 is 0. The molecule has 4 rings (SSSR count). The second-order valence-electron chi connectivity index (χ2n) is 10.5. The van der Waals surface area contributed by atoms with Crippen molar-refractivity contribution < 1.29 is 15.3 Å². The van der Waals surface area contributed by atoms with Crippen LogP contribution in [0.5, 0.6) is 0 Å². The van der Waals surface area contributed by atoms with E-state index in [9.17, 15) is 15.3 Å². The second kappa shape index (κ2) is 6.21. The van der Waals surface area contributed by atoms with Crippen molar-refractivity contribution in [3.63, 3.8) is 0 Å². The molecule has 4 aliphatic carbocycles. The van der Waals surface area contributed by atoms with Crippen molar-refractivity contribution in [1.82, 2.24) is 0 Å². The topological polar surface area (TPSA) is 63.5 Å². The lowest BCUT2D eigenvalue weighted by Crippen LogP contribution is -2.62. The third kappa shape index (κ3) is 2.48. The SMILES string of the molecule is C[C@H](CO)C1CCC2C3CCC4C[C@H](O)CCC4(C)C3CC([O-])C21C. The summed E-state index contributed by atoms with van der Waals surface area (Å²) >= 11 is 0. The van der Waals surface area contributed by atoms with Crippen molar-refractivity contribution in [2.45, 2.75) is 84.3 Å². The number of fused-ring (bicyclic) bond motifs is 5. The Balaban J connectivity index is 1.64. The third-order valence-corrected chi connectivity index (χ3v) is 9.76.